The number of benzene rings is 1. The van der Waals surface area contributed by atoms with Crippen molar-refractivity contribution in [3.05, 3.63) is 80.8 Å². The highest BCUT2D eigenvalue weighted by Crippen LogP contribution is 2.48. The Hall–Kier alpha value is -4.19. The molecule has 0 radical (unpaired) electrons. The number of H-pyrrole nitrogens is 2. The number of aryl methyl sites for hydroxylation is 4. The summed E-state index contributed by atoms with van der Waals surface area (Å²) >= 11 is 0. The molecule has 46 heavy (non-hydrogen) atoms. The van der Waals surface area contributed by atoms with Gasteiger partial charge < -0.3 is 15.7 Å². The average Bonchev–Trinajstić information content (AvgIpc) is 3.78. The summed E-state index contributed by atoms with van der Waals surface area (Å²) in [6.07, 6.45) is 7.07. The van der Waals surface area contributed by atoms with Crippen LogP contribution in [0, 0.1) is 0 Å². The monoisotopic (exact) mass is 615 g/mol. The third-order valence-corrected chi connectivity index (χ3v) is 10.8. The Morgan fingerprint density at radius 3 is 1.67 bits per heavy atom. The second-order valence-corrected chi connectivity index (χ2v) is 12.7. The van der Waals surface area contributed by atoms with Crippen molar-refractivity contribution in [2.75, 3.05) is 0 Å². The topological polar surface area (TPSA) is 100 Å². The minimum absolute atomic E-state index is 0.411. The van der Waals surface area contributed by atoms with E-state index >= 15 is 0 Å². The van der Waals surface area contributed by atoms with E-state index in [1.807, 2.05) is 12.1 Å². The molecule has 6 heteroatoms. The summed E-state index contributed by atoms with van der Waals surface area (Å²) in [5.41, 5.74) is 23.4. The van der Waals surface area contributed by atoms with Crippen molar-refractivity contribution < 1.29 is 4.79 Å². The standard InChI is InChI=1S/C40H49N5O/c1-9-22-23(10-2)32-20-33-26(13-5)27(14-6)37(44-33)29-18-17-28(39(41)46)36-38(29)45-35(40(36,15-7)16-8)21-34-25(12-4)24(11-3)31(43-34)19-30(22)42-32/h17-21,42-43H,9-16H2,1-8H3,(H2,41,46). The molecule has 3 aromatic heterocycles. The molecular weight excluding hydrogens is 566 g/mol. The lowest BCUT2D eigenvalue weighted by atomic mass is 9.72. The smallest absolute Gasteiger partial charge is 0.249 e. The summed E-state index contributed by atoms with van der Waals surface area (Å²) in [5, 5.41) is 0.982. The molecule has 0 saturated heterocycles. The number of aromatic nitrogens is 4. The molecule has 4 N–H and O–H groups in total. The second kappa shape index (κ2) is 12.2. The molecule has 4 aromatic rings. The summed E-state index contributed by atoms with van der Waals surface area (Å²) in [5.74, 6) is -0.411. The van der Waals surface area contributed by atoms with Gasteiger partial charge in [-0.2, -0.15) is 0 Å². The van der Waals surface area contributed by atoms with E-state index in [1.165, 1.54) is 33.4 Å². The second-order valence-electron chi connectivity index (χ2n) is 12.7. The van der Waals surface area contributed by atoms with E-state index in [9.17, 15) is 4.79 Å². The van der Waals surface area contributed by atoms with Gasteiger partial charge in [-0.05, 0) is 115 Å². The lowest BCUT2D eigenvalue weighted by Crippen LogP contribution is -2.27. The Bertz CT molecular complexity index is 2070. The third kappa shape index (κ3) is 4.55. The molecule has 2 aliphatic rings. The van der Waals surface area contributed by atoms with Crippen molar-refractivity contribution in [1.29, 1.82) is 0 Å². The van der Waals surface area contributed by atoms with Gasteiger partial charge in [-0.1, -0.05) is 55.4 Å². The zero-order chi connectivity index (χ0) is 32.9. The molecule has 0 atom stereocenters. The average molecular weight is 616 g/mol. The minimum atomic E-state index is -0.447. The number of rotatable bonds is 9. The number of aromatic amines is 2. The van der Waals surface area contributed by atoms with E-state index in [0.717, 1.165) is 107 Å². The van der Waals surface area contributed by atoms with Gasteiger partial charge in [0.2, 0.25) is 5.91 Å². The normalized spacial score (nSPS) is 14.2. The summed E-state index contributed by atoms with van der Waals surface area (Å²) in [6.45, 7) is 17.8. The Kier molecular flexibility index (Phi) is 8.43. The van der Waals surface area contributed by atoms with Crippen LogP contribution in [0.15, 0.2) is 30.3 Å². The lowest BCUT2D eigenvalue weighted by Gasteiger charge is -2.29. The zero-order valence-electron chi connectivity index (χ0n) is 28.9. The number of hydrogen-bond donors (Lipinski definition) is 3. The fourth-order valence-electron chi connectivity index (χ4n) is 8.52. The van der Waals surface area contributed by atoms with Gasteiger partial charge in [-0.3, -0.25) is 9.78 Å². The molecule has 1 aromatic carbocycles. The molecule has 6 rings (SSSR count). The van der Waals surface area contributed by atoms with Crippen LogP contribution in [-0.2, 0) is 31.1 Å². The van der Waals surface area contributed by atoms with E-state index in [-0.39, 0.29) is 0 Å². The number of nitrogens with zero attached hydrogens (tertiary/aromatic N) is 2. The van der Waals surface area contributed by atoms with Crippen molar-refractivity contribution in [1.82, 2.24) is 19.9 Å². The van der Waals surface area contributed by atoms with Crippen LogP contribution in [0.25, 0.3) is 44.1 Å². The van der Waals surface area contributed by atoms with Gasteiger partial charge in [-0.15, -0.1) is 0 Å². The minimum Gasteiger partial charge on any atom is -0.366 e. The Balaban J connectivity index is 1.94. The number of fused-ring (bicyclic) bond motifs is 8. The van der Waals surface area contributed by atoms with E-state index in [1.54, 1.807) is 0 Å². The largest absolute Gasteiger partial charge is 0.366 e. The van der Waals surface area contributed by atoms with Crippen LogP contribution in [-0.4, -0.2) is 25.8 Å². The number of hydrogen-bond acceptors (Lipinski definition) is 3. The van der Waals surface area contributed by atoms with Crippen molar-refractivity contribution in [3.63, 3.8) is 0 Å². The molecule has 1 amide bonds. The van der Waals surface area contributed by atoms with E-state index in [2.05, 4.69) is 83.6 Å². The lowest BCUT2D eigenvalue weighted by molar-refractivity contribution is 0.0998. The maximum atomic E-state index is 13.0. The summed E-state index contributed by atoms with van der Waals surface area (Å²) in [4.78, 5) is 31.6. The molecule has 0 saturated carbocycles. The molecule has 2 aliphatic heterocycles. The van der Waals surface area contributed by atoms with Crippen LogP contribution in [0.4, 0.5) is 0 Å². The van der Waals surface area contributed by atoms with Gasteiger partial charge in [-0.25, -0.2) is 4.98 Å². The van der Waals surface area contributed by atoms with Crippen LogP contribution in [0.3, 0.4) is 0 Å². The van der Waals surface area contributed by atoms with Crippen molar-refractivity contribution >= 4 is 50.0 Å². The van der Waals surface area contributed by atoms with E-state index in [0.29, 0.717) is 5.56 Å². The van der Waals surface area contributed by atoms with Crippen LogP contribution in [0.5, 0.6) is 0 Å². The molecule has 0 aliphatic carbocycles. The summed E-state index contributed by atoms with van der Waals surface area (Å²) in [6, 6.07) is 10.8. The number of carbonyl (C=O) groups is 1. The van der Waals surface area contributed by atoms with Crippen molar-refractivity contribution in [2.45, 2.75) is 112 Å². The molecule has 6 nitrogen and oxygen atoms in total. The van der Waals surface area contributed by atoms with Crippen LogP contribution < -0.4 is 5.73 Å². The number of allylic oxidation sites excluding steroid dienone is 2. The molecule has 240 valence electrons. The fraction of sp³-hybridized carbons (Fsp3) is 0.425. The summed E-state index contributed by atoms with van der Waals surface area (Å²) in [7, 11) is 0. The quantitative estimate of drug-likeness (QED) is 0.175. The van der Waals surface area contributed by atoms with Gasteiger partial charge in [0.15, 0.2) is 0 Å². The van der Waals surface area contributed by atoms with Gasteiger partial charge in [0.05, 0.1) is 22.6 Å². The Labute approximate surface area is 273 Å². The third-order valence-electron chi connectivity index (χ3n) is 10.8. The molecule has 8 bridgehead atoms. The number of primary amides is 1. The molecule has 0 fully saturated rings. The maximum absolute atomic E-state index is 13.0. The highest BCUT2D eigenvalue weighted by atomic mass is 16.1. The van der Waals surface area contributed by atoms with Crippen LogP contribution in [0.1, 0.15) is 136 Å². The highest BCUT2D eigenvalue weighted by molar-refractivity contribution is 6.06. The number of carbonyl (C=O) groups excluding carboxylic acids is 1. The predicted molar refractivity (Wildman–Crippen MR) is 193 cm³/mol. The van der Waals surface area contributed by atoms with E-state index < -0.39 is 11.3 Å². The number of amides is 1. The molecule has 0 spiro atoms. The van der Waals surface area contributed by atoms with Crippen molar-refractivity contribution in [2.24, 2.45) is 5.73 Å². The highest BCUT2D eigenvalue weighted by Gasteiger charge is 2.41. The first kappa shape index (κ1) is 31.8. The van der Waals surface area contributed by atoms with Gasteiger partial charge in [0.25, 0.3) is 0 Å². The fourth-order valence-corrected chi connectivity index (χ4v) is 8.52. The van der Waals surface area contributed by atoms with Gasteiger partial charge in [0, 0.05) is 44.0 Å². The first-order chi connectivity index (χ1) is 22.2. The molecule has 5 heterocycles. The Morgan fingerprint density at radius 2 is 1.20 bits per heavy atom. The van der Waals surface area contributed by atoms with Crippen molar-refractivity contribution in [3.8, 4) is 0 Å². The SMILES string of the molecule is CCC1=C(CC)c2nc1cc1[nH]c(cc3[nH]c(cc4nc5c(c(C(N)=O)ccc25)C4(CC)CC)c(CC)c3CC)c(CC)c1CC. The number of nitrogens with two attached hydrogens (primary N) is 1. The van der Waals surface area contributed by atoms with Gasteiger partial charge in [0.1, 0.15) is 0 Å². The Morgan fingerprint density at radius 1 is 0.674 bits per heavy atom. The predicted octanol–water partition coefficient (Wildman–Crippen LogP) is 9.65. The first-order valence-corrected chi connectivity index (χ1v) is 17.5. The van der Waals surface area contributed by atoms with Crippen LogP contribution >= 0.6 is 0 Å². The summed E-state index contributed by atoms with van der Waals surface area (Å²) < 4.78 is 0. The van der Waals surface area contributed by atoms with Crippen LogP contribution in [0.2, 0.25) is 0 Å². The number of nitrogens with one attached hydrogen (secondary N) is 2. The van der Waals surface area contributed by atoms with Gasteiger partial charge >= 0.3 is 0 Å². The maximum Gasteiger partial charge on any atom is 0.249 e. The van der Waals surface area contributed by atoms with E-state index in [4.69, 9.17) is 15.7 Å². The zero-order valence-corrected chi connectivity index (χ0v) is 28.9. The first-order valence-electron chi connectivity index (χ1n) is 17.5. The molecule has 0 unspecified atom stereocenters. The molecular formula is C40H49N5O.